The molecular formula is C17H25N3O. The highest BCUT2D eigenvalue weighted by molar-refractivity contribution is 5.82. The average molecular weight is 287 g/mol. The van der Waals surface area contributed by atoms with Crippen molar-refractivity contribution in [1.82, 2.24) is 14.8 Å². The predicted molar refractivity (Wildman–Crippen MR) is 82.6 cm³/mol. The Hall–Kier alpha value is -1.42. The van der Waals surface area contributed by atoms with Crippen molar-refractivity contribution in [2.45, 2.75) is 32.7 Å². The van der Waals surface area contributed by atoms with E-state index in [2.05, 4.69) is 16.8 Å². The number of likely N-dealkylation sites (tertiary alicyclic amines) is 1. The summed E-state index contributed by atoms with van der Waals surface area (Å²) in [5.41, 5.74) is 1.26. The average Bonchev–Trinajstić information content (AvgIpc) is 3.04. The standard InChI is InChI=1S/C17H25N3O/c1-3-9-20-10-7-17(13-20)11-15(17)16(21)19(2)12-14-6-4-5-8-18-14/h4-6,8,15H,3,7,9-13H2,1-2H3/t15-,17-/m1/s1. The lowest BCUT2D eigenvalue weighted by Crippen LogP contribution is -2.31. The SMILES string of the molecule is CCCN1CC[C@@]2(C[C@@H]2C(=O)N(C)Cc2ccccn2)C1. The first kappa shape index (κ1) is 14.5. The zero-order valence-corrected chi connectivity index (χ0v) is 13.1. The van der Waals surface area contributed by atoms with Gasteiger partial charge >= 0.3 is 0 Å². The number of hydrogen-bond acceptors (Lipinski definition) is 3. The maximum Gasteiger partial charge on any atom is 0.226 e. The summed E-state index contributed by atoms with van der Waals surface area (Å²) in [5.74, 6) is 0.548. The molecule has 2 atom stereocenters. The zero-order valence-electron chi connectivity index (χ0n) is 13.1. The molecule has 2 fully saturated rings. The Bertz CT molecular complexity index is 504. The number of hydrogen-bond donors (Lipinski definition) is 0. The molecule has 0 N–H and O–H groups in total. The van der Waals surface area contributed by atoms with E-state index < -0.39 is 0 Å². The normalized spacial score (nSPS) is 28.0. The van der Waals surface area contributed by atoms with Crippen LogP contribution in [-0.4, -0.2) is 47.4 Å². The summed E-state index contributed by atoms with van der Waals surface area (Å²) in [6, 6.07) is 5.85. The Morgan fingerprint density at radius 1 is 1.52 bits per heavy atom. The van der Waals surface area contributed by atoms with Crippen LogP contribution in [-0.2, 0) is 11.3 Å². The van der Waals surface area contributed by atoms with Gasteiger partial charge in [-0.05, 0) is 49.9 Å². The maximum atomic E-state index is 12.6. The Morgan fingerprint density at radius 3 is 3.10 bits per heavy atom. The Labute approximate surface area is 127 Å². The van der Waals surface area contributed by atoms with Gasteiger partial charge in [-0.1, -0.05) is 13.0 Å². The van der Waals surface area contributed by atoms with E-state index >= 15 is 0 Å². The first-order chi connectivity index (χ1) is 10.1. The summed E-state index contributed by atoms with van der Waals surface area (Å²) in [4.78, 5) is 21.3. The van der Waals surface area contributed by atoms with Crippen LogP contribution in [0.2, 0.25) is 0 Å². The lowest BCUT2D eigenvalue weighted by atomic mass is 10.0. The van der Waals surface area contributed by atoms with Gasteiger partial charge in [0.2, 0.25) is 5.91 Å². The van der Waals surface area contributed by atoms with Crippen molar-refractivity contribution in [3.63, 3.8) is 0 Å². The van der Waals surface area contributed by atoms with Crippen LogP contribution in [0.25, 0.3) is 0 Å². The minimum absolute atomic E-state index is 0.244. The van der Waals surface area contributed by atoms with E-state index in [0.717, 1.165) is 18.7 Å². The number of aromatic nitrogens is 1. The Balaban J connectivity index is 1.55. The fraction of sp³-hybridized carbons (Fsp3) is 0.647. The van der Waals surface area contributed by atoms with Gasteiger partial charge in [-0.2, -0.15) is 0 Å². The molecule has 4 heteroatoms. The molecule has 0 unspecified atom stereocenters. The number of nitrogens with zero attached hydrogens (tertiary/aromatic N) is 3. The molecule has 1 aliphatic carbocycles. The van der Waals surface area contributed by atoms with Crippen LogP contribution in [0.4, 0.5) is 0 Å². The van der Waals surface area contributed by atoms with E-state index in [1.54, 1.807) is 6.20 Å². The van der Waals surface area contributed by atoms with Crippen LogP contribution in [0.3, 0.4) is 0 Å². The van der Waals surface area contributed by atoms with Crippen LogP contribution in [0.5, 0.6) is 0 Å². The molecule has 1 saturated heterocycles. The first-order valence-electron chi connectivity index (χ1n) is 8.02. The smallest absolute Gasteiger partial charge is 0.226 e. The van der Waals surface area contributed by atoms with Gasteiger partial charge in [0.25, 0.3) is 0 Å². The van der Waals surface area contributed by atoms with Crippen LogP contribution >= 0.6 is 0 Å². The van der Waals surface area contributed by atoms with E-state index in [-0.39, 0.29) is 5.92 Å². The van der Waals surface area contributed by atoms with Crippen molar-refractivity contribution >= 4 is 5.91 Å². The van der Waals surface area contributed by atoms with Crippen molar-refractivity contribution in [3.05, 3.63) is 30.1 Å². The minimum atomic E-state index is 0.244. The van der Waals surface area contributed by atoms with Gasteiger partial charge in [-0.15, -0.1) is 0 Å². The van der Waals surface area contributed by atoms with E-state index in [0.29, 0.717) is 17.9 Å². The van der Waals surface area contributed by atoms with Gasteiger partial charge in [0.05, 0.1) is 12.2 Å². The summed E-state index contributed by atoms with van der Waals surface area (Å²) in [6.45, 7) is 6.30. The summed E-state index contributed by atoms with van der Waals surface area (Å²) < 4.78 is 0. The summed E-state index contributed by atoms with van der Waals surface area (Å²) >= 11 is 0. The molecular weight excluding hydrogens is 262 g/mol. The van der Waals surface area contributed by atoms with Crippen molar-refractivity contribution < 1.29 is 4.79 Å². The largest absolute Gasteiger partial charge is 0.340 e. The van der Waals surface area contributed by atoms with Crippen LogP contribution in [0, 0.1) is 11.3 Å². The summed E-state index contributed by atoms with van der Waals surface area (Å²) in [6.07, 6.45) is 5.26. The number of amides is 1. The molecule has 1 amide bonds. The molecule has 3 rings (SSSR count). The topological polar surface area (TPSA) is 36.4 Å². The fourth-order valence-electron chi connectivity index (χ4n) is 3.72. The Morgan fingerprint density at radius 2 is 2.38 bits per heavy atom. The highest BCUT2D eigenvalue weighted by Crippen LogP contribution is 2.59. The van der Waals surface area contributed by atoms with Gasteiger partial charge in [-0.25, -0.2) is 0 Å². The van der Waals surface area contributed by atoms with Crippen molar-refractivity contribution in [3.8, 4) is 0 Å². The third kappa shape index (κ3) is 2.95. The third-order valence-electron chi connectivity index (χ3n) is 4.99. The molecule has 2 aliphatic rings. The van der Waals surface area contributed by atoms with Gasteiger partial charge in [-0.3, -0.25) is 9.78 Å². The van der Waals surface area contributed by atoms with E-state index in [4.69, 9.17) is 0 Å². The summed E-state index contributed by atoms with van der Waals surface area (Å²) in [7, 11) is 1.90. The van der Waals surface area contributed by atoms with Gasteiger partial charge in [0.15, 0.2) is 0 Å². The molecule has 1 saturated carbocycles. The summed E-state index contributed by atoms with van der Waals surface area (Å²) in [5, 5.41) is 0. The monoisotopic (exact) mass is 287 g/mol. The van der Waals surface area contributed by atoms with Crippen LogP contribution in [0.1, 0.15) is 31.9 Å². The number of carbonyl (C=O) groups excluding carboxylic acids is 1. The van der Waals surface area contributed by atoms with Crippen molar-refractivity contribution in [1.29, 1.82) is 0 Å². The highest BCUT2D eigenvalue weighted by Gasteiger charge is 2.60. The number of carbonyl (C=O) groups is 1. The van der Waals surface area contributed by atoms with E-state index in [9.17, 15) is 4.79 Å². The second-order valence-electron chi connectivity index (χ2n) is 6.66. The lowest BCUT2D eigenvalue weighted by Gasteiger charge is -2.19. The molecule has 2 heterocycles. The van der Waals surface area contributed by atoms with Crippen LogP contribution in [0.15, 0.2) is 24.4 Å². The predicted octanol–water partition coefficient (Wildman–Crippen LogP) is 2.16. The molecule has 0 aromatic carbocycles. The molecule has 1 aliphatic heterocycles. The van der Waals surface area contributed by atoms with Crippen molar-refractivity contribution in [2.75, 3.05) is 26.7 Å². The fourth-order valence-corrected chi connectivity index (χ4v) is 3.72. The van der Waals surface area contributed by atoms with Gasteiger partial charge < -0.3 is 9.80 Å². The van der Waals surface area contributed by atoms with Crippen LogP contribution < -0.4 is 0 Å². The second kappa shape index (κ2) is 5.76. The number of pyridine rings is 1. The second-order valence-corrected chi connectivity index (χ2v) is 6.66. The number of rotatable bonds is 5. The first-order valence-corrected chi connectivity index (χ1v) is 8.02. The molecule has 1 aromatic heterocycles. The highest BCUT2D eigenvalue weighted by atomic mass is 16.2. The molecule has 114 valence electrons. The molecule has 0 radical (unpaired) electrons. The lowest BCUT2D eigenvalue weighted by molar-refractivity contribution is -0.132. The quantitative estimate of drug-likeness (QED) is 0.832. The van der Waals surface area contributed by atoms with E-state index in [1.165, 1.54) is 25.9 Å². The Kier molecular flexibility index (Phi) is 3.98. The molecule has 0 bridgehead atoms. The van der Waals surface area contributed by atoms with Crippen molar-refractivity contribution in [2.24, 2.45) is 11.3 Å². The molecule has 21 heavy (non-hydrogen) atoms. The molecule has 1 spiro atoms. The minimum Gasteiger partial charge on any atom is -0.340 e. The molecule has 1 aromatic rings. The van der Waals surface area contributed by atoms with Gasteiger partial charge in [0.1, 0.15) is 0 Å². The van der Waals surface area contributed by atoms with E-state index in [1.807, 2.05) is 30.1 Å². The zero-order chi connectivity index (χ0) is 14.9. The maximum absolute atomic E-state index is 12.6. The van der Waals surface area contributed by atoms with Gasteiger partial charge in [0, 0.05) is 25.7 Å². The third-order valence-corrected chi connectivity index (χ3v) is 4.99. The molecule has 4 nitrogen and oxygen atoms in total.